The second-order valence-electron chi connectivity index (χ2n) is 4.63. The van der Waals surface area contributed by atoms with E-state index in [1.54, 1.807) is 0 Å². The molecule has 19 heavy (non-hydrogen) atoms. The van der Waals surface area contributed by atoms with E-state index in [0.29, 0.717) is 12.5 Å². The second-order valence-corrected chi connectivity index (χ2v) is 4.63. The van der Waals surface area contributed by atoms with Crippen LogP contribution in [0.25, 0.3) is 10.9 Å². The molecular formula is C14H19N5. The van der Waals surface area contributed by atoms with Gasteiger partial charge in [0.1, 0.15) is 0 Å². The Balaban J connectivity index is 1.85. The molecule has 100 valence electrons. The van der Waals surface area contributed by atoms with E-state index in [1.165, 1.54) is 5.56 Å². The van der Waals surface area contributed by atoms with E-state index in [9.17, 15) is 0 Å². The molecular weight excluding hydrogens is 238 g/mol. The number of nitrogens with two attached hydrogens (primary N) is 1. The molecule has 4 N–H and O–H groups in total. The molecule has 0 bridgehead atoms. The van der Waals surface area contributed by atoms with Crippen molar-refractivity contribution in [2.24, 2.45) is 10.7 Å². The summed E-state index contributed by atoms with van der Waals surface area (Å²) in [7, 11) is 0. The molecule has 1 heterocycles. The van der Waals surface area contributed by atoms with Crippen LogP contribution in [-0.2, 0) is 6.42 Å². The first-order chi connectivity index (χ1) is 9.15. The number of nitrogens with one attached hydrogen (secondary N) is 2. The van der Waals surface area contributed by atoms with Gasteiger partial charge in [-0.2, -0.15) is 5.10 Å². The van der Waals surface area contributed by atoms with Gasteiger partial charge in [-0.25, -0.2) is 4.99 Å². The van der Waals surface area contributed by atoms with Gasteiger partial charge in [-0.05, 0) is 25.0 Å². The van der Waals surface area contributed by atoms with Gasteiger partial charge in [0, 0.05) is 11.9 Å². The summed E-state index contributed by atoms with van der Waals surface area (Å²) >= 11 is 0. The highest BCUT2D eigenvalue weighted by atomic mass is 15.1. The predicted octanol–water partition coefficient (Wildman–Crippen LogP) is 1.59. The molecule has 0 aliphatic carbocycles. The summed E-state index contributed by atoms with van der Waals surface area (Å²) in [6.45, 7) is 7.03. The van der Waals surface area contributed by atoms with Crippen LogP contribution in [0.15, 0.2) is 41.5 Å². The first-order valence-electron chi connectivity index (χ1n) is 6.25. The Morgan fingerprint density at radius 3 is 3.16 bits per heavy atom. The molecule has 0 spiro atoms. The Morgan fingerprint density at radius 1 is 1.53 bits per heavy atom. The minimum atomic E-state index is 0.464. The third kappa shape index (κ3) is 3.84. The van der Waals surface area contributed by atoms with Crippen LogP contribution in [0.1, 0.15) is 12.5 Å². The summed E-state index contributed by atoms with van der Waals surface area (Å²) in [5.74, 6) is 0.464. The quantitative estimate of drug-likeness (QED) is 0.432. The fourth-order valence-electron chi connectivity index (χ4n) is 1.75. The summed E-state index contributed by atoms with van der Waals surface area (Å²) in [4.78, 5) is 4.16. The molecule has 2 rings (SSSR count). The molecule has 2 aromatic rings. The number of benzene rings is 1. The number of hydrogen-bond donors (Lipinski definition) is 3. The van der Waals surface area contributed by atoms with Crippen molar-refractivity contribution in [3.8, 4) is 0 Å². The topological polar surface area (TPSA) is 79.1 Å². The van der Waals surface area contributed by atoms with Crippen molar-refractivity contribution in [2.75, 3.05) is 13.1 Å². The van der Waals surface area contributed by atoms with E-state index in [1.807, 2.05) is 13.1 Å². The van der Waals surface area contributed by atoms with Gasteiger partial charge in [0.15, 0.2) is 5.96 Å². The van der Waals surface area contributed by atoms with Crippen LogP contribution in [0.5, 0.6) is 0 Å². The van der Waals surface area contributed by atoms with Crippen molar-refractivity contribution in [1.29, 1.82) is 0 Å². The zero-order chi connectivity index (χ0) is 13.7. The summed E-state index contributed by atoms with van der Waals surface area (Å²) in [5, 5.41) is 11.2. The lowest BCUT2D eigenvalue weighted by Crippen LogP contribution is -2.33. The van der Waals surface area contributed by atoms with Crippen LogP contribution in [0.2, 0.25) is 0 Å². The molecule has 0 unspecified atom stereocenters. The molecule has 0 amide bonds. The highest BCUT2D eigenvalue weighted by molar-refractivity contribution is 5.79. The minimum absolute atomic E-state index is 0.464. The smallest absolute Gasteiger partial charge is 0.188 e. The van der Waals surface area contributed by atoms with Crippen LogP contribution in [0, 0.1) is 0 Å². The van der Waals surface area contributed by atoms with E-state index < -0.39 is 0 Å². The molecule has 0 fully saturated rings. The van der Waals surface area contributed by atoms with Gasteiger partial charge in [-0.1, -0.05) is 24.3 Å². The second kappa shape index (κ2) is 6.04. The first kappa shape index (κ1) is 13.1. The van der Waals surface area contributed by atoms with Gasteiger partial charge in [0.2, 0.25) is 0 Å². The number of H-pyrrole nitrogens is 1. The van der Waals surface area contributed by atoms with E-state index >= 15 is 0 Å². The number of nitrogens with zero attached hydrogens (tertiary/aromatic N) is 2. The van der Waals surface area contributed by atoms with E-state index in [2.05, 4.69) is 45.3 Å². The number of hydrogen-bond acceptors (Lipinski definition) is 2. The van der Waals surface area contributed by atoms with Crippen LogP contribution < -0.4 is 11.1 Å². The van der Waals surface area contributed by atoms with E-state index in [4.69, 9.17) is 5.73 Å². The Morgan fingerprint density at radius 2 is 2.37 bits per heavy atom. The van der Waals surface area contributed by atoms with Gasteiger partial charge >= 0.3 is 0 Å². The Hall–Kier alpha value is -2.30. The maximum Gasteiger partial charge on any atom is 0.188 e. The fourth-order valence-corrected chi connectivity index (χ4v) is 1.75. The van der Waals surface area contributed by atoms with Crippen molar-refractivity contribution < 1.29 is 0 Å². The molecule has 0 saturated carbocycles. The Labute approximate surface area is 112 Å². The number of fused-ring (bicyclic) bond motifs is 1. The molecule has 0 radical (unpaired) electrons. The van der Waals surface area contributed by atoms with E-state index in [-0.39, 0.29) is 0 Å². The van der Waals surface area contributed by atoms with Crippen LogP contribution in [0.3, 0.4) is 0 Å². The normalized spacial score (nSPS) is 11.7. The van der Waals surface area contributed by atoms with Crippen molar-refractivity contribution in [3.63, 3.8) is 0 Å². The maximum absolute atomic E-state index is 5.74. The molecule has 5 nitrogen and oxygen atoms in total. The molecule has 0 saturated heterocycles. The Bertz CT molecular complexity index is 597. The van der Waals surface area contributed by atoms with Gasteiger partial charge in [0.25, 0.3) is 0 Å². The summed E-state index contributed by atoms with van der Waals surface area (Å²) in [6.07, 6.45) is 2.71. The molecule has 0 atom stereocenters. The monoisotopic (exact) mass is 257 g/mol. The minimum Gasteiger partial charge on any atom is -0.370 e. The summed E-state index contributed by atoms with van der Waals surface area (Å²) < 4.78 is 0. The number of aromatic nitrogens is 2. The molecule has 0 aliphatic rings. The zero-order valence-electron chi connectivity index (χ0n) is 11.1. The molecule has 5 heteroatoms. The number of rotatable bonds is 5. The number of aliphatic imine (C=N–C) groups is 1. The standard InChI is InChI=1S/C14H19N5/c1-10(2)8-17-14(15)16-6-5-11-3-4-12-9-18-19-13(12)7-11/h3-4,7,9H,1,5-6,8H2,2H3,(H,18,19)(H3,15,16,17). The average molecular weight is 257 g/mol. The number of aromatic amines is 1. The lowest BCUT2D eigenvalue weighted by atomic mass is 10.1. The van der Waals surface area contributed by atoms with Gasteiger partial charge in [0.05, 0.1) is 18.3 Å². The molecule has 0 aliphatic heterocycles. The fraction of sp³-hybridized carbons (Fsp3) is 0.286. The molecule has 1 aromatic carbocycles. The number of guanidine groups is 1. The zero-order valence-corrected chi connectivity index (χ0v) is 11.1. The molecule has 1 aromatic heterocycles. The van der Waals surface area contributed by atoms with Crippen molar-refractivity contribution in [3.05, 3.63) is 42.1 Å². The summed E-state index contributed by atoms with van der Waals surface area (Å²) in [6, 6.07) is 6.26. The maximum atomic E-state index is 5.74. The van der Waals surface area contributed by atoms with E-state index in [0.717, 1.165) is 29.4 Å². The van der Waals surface area contributed by atoms with Crippen LogP contribution in [-0.4, -0.2) is 29.2 Å². The van der Waals surface area contributed by atoms with Gasteiger partial charge in [-0.3, -0.25) is 5.10 Å². The van der Waals surface area contributed by atoms with Crippen molar-refractivity contribution in [1.82, 2.24) is 15.5 Å². The highest BCUT2D eigenvalue weighted by Gasteiger charge is 1.98. The van der Waals surface area contributed by atoms with Gasteiger partial charge < -0.3 is 11.1 Å². The third-order valence-electron chi connectivity index (χ3n) is 2.75. The highest BCUT2D eigenvalue weighted by Crippen LogP contribution is 2.12. The average Bonchev–Trinajstić information content (AvgIpc) is 2.83. The summed E-state index contributed by atoms with van der Waals surface area (Å²) in [5.41, 5.74) is 9.03. The van der Waals surface area contributed by atoms with Crippen LogP contribution in [0.4, 0.5) is 0 Å². The first-order valence-corrected chi connectivity index (χ1v) is 6.25. The predicted molar refractivity (Wildman–Crippen MR) is 79.1 cm³/mol. The van der Waals surface area contributed by atoms with Gasteiger partial charge in [-0.15, -0.1) is 0 Å². The largest absolute Gasteiger partial charge is 0.370 e. The van der Waals surface area contributed by atoms with Crippen molar-refractivity contribution >= 4 is 16.9 Å². The Kier molecular flexibility index (Phi) is 4.18. The van der Waals surface area contributed by atoms with Crippen molar-refractivity contribution in [2.45, 2.75) is 13.3 Å². The lowest BCUT2D eigenvalue weighted by Gasteiger charge is -2.06. The third-order valence-corrected chi connectivity index (χ3v) is 2.75. The van der Waals surface area contributed by atoms with Crippen LogP contribution >= 0.6 is 0 Å². The lowest BCUT2D eigenvalue weighted by molar-refractivity contribution is 0.853. The SMILES string of the molecule is C=C(C)CN=C(N)NCCc1ccc2cn[nH]c2c1.